The molecule has 1 aliphatic heterocycles. The Labute approximate surface area is 139 Å². The third-order valence-electron chi connectivity index (χ3n) is 4.89. The molecule has 0 bridgehead atoms. The molecule has 0 aliphatic carbocycles. The van der Waals surface area contributed by atoms with Crippen LogP contribution in [0.15, 0.2) is 0 Å². The second-order valence-electron chi connectivity index (χ2n) is 8.23. The Kier molecular flexibility index (Phi) is 9.62. The van der Waals surface area contributed by atoms with Crippen molar-refractivity contribution in [3.05, 3.63) is 0 Å². The predicted octanol–water partition coefficient (Wildman–Crippen LogP) is 3.76. The molecule has 1 saturated heterocycles. The van der Waals surface area contributed by atoms with E-state index in [-0.39, 0.29) is 6.10 Å². The number of unbranched alkanes of at least 4 members (excludes halogenated alkanes) is 2. The quantitative estimate of drug-likeness (QED) is 0.622. The summed E-state index contributed by atoms with van der Waals surface area (Å²) in [5.41, 5.74) is 0.404. The summed E-state index contributed by atoms with van der Waals surface area (Å²) in [7, 11) is 0. The van der Waals surface area contributed by atoms with E-state index in [2.05, 4.69) is 37.5 Å². The van der Waals surface area contributed by atoms with Crippen LogP contribution in [-0.2, 0) is 0 Å². The summed E-state index contributed by atoms with van der Waals surface area (Å²) in [5, 5.41) is 10.0. The van der Waals surface area contributed by atoms with Gasteiger partial charge in [0, 0.05) is 26.2 Å². The van der Waals surface area contributed by atoms with Gasteiger partial charge in [-0.3, -0.25) is 0 Å². The molecule has 1 N–H and O–H groups in total. The molecule has 0 aromatic heterocycles. The maximum absolute atomic E-state index is 10.0. The highest BCUT2D eigenvalue weighted by Crippen LogP contribution is 2.22. The van der Waals surface area contributed by atoms with Gasteiger partial charge in [0.25, 0.3) is 0 Å². The molecule has 0 radical (unpaired) electrons. The Morgan fingerprint density at radius 2 is 1.45 bits per heavy atom. The molecule has 0 aromatic carbocycles. The van der Waals surface area contributed by atoms with Crippen molar-refractivity contribution >= 4 is 0 Å². The SMILES string of the molecule is CCN1CCN(CCCCC[C@@H](O)CCCC(C)(C)C)CC1. The number of rotatable bonds is 10. The number of nitrogens with zero attached hydrogens (tertiary/aromatic N) is 2. The number of piperazine rings is 1. The summed E-state index contributed by atoms with van der Waals surface area (Å²) in [6.45, 7) is 16.5. The molecule has 3 nitrogen and oxygen atoms in total. The van der Waals surface area contributed by atoms with Crippen LogP contribution in [0.3, 0.4) is 0 Å². The van der Waals surface area contributed by atoms with Crippen molar-refractivity contribution in [1.82, 2.24) is 9.80 Å². The molecule has 22 heavy (non-hydrogen) atoms. The fraction of sp³-hybridized carbons (Fsp3) is 1.00. The van der Waals surface area contributed by atoms with Crippen LogP contribution >= 0.6 is 0 Å². The normalized spacial score (nSPS) is 19.5. The zero-order valence-corrected chi connectivity index (χ0v) is 15.6. The smallest absolute Gasteiger partial charge is 0.0540 e. The van der Waals surface area contributed by atoms with Crippen LogP contribution in [0.1, 0.15) is 72.6 Å². The molecule has 0 amide bonds. The van der Waals surface area contributed by atoms with E-state index < -0.39 is 0 Å². The zero-order valence-electron chi connectivity index (χ0n) is 15.6. The molecule has 3 heteroatoms. The number of likely N-dealkylation sites (N-methyl/N-ethyl adjacent to an activating group) is 1. The van der Waals surface area contributed by atoms with Crippen LogP contribution in [0.4, 0.5) is 0 Å². The summed E-state index contributed by atoms with van der Waals surface area (Å²) in [4.78, 5) is 5.14. The molecule has 0 aromatic rings. The Balaban J connectivity index is 1.92. The van der Waals surface area contributed by atoms with Gasteiger partial charge in [0.15, 0.2) is 0 Å². The molecule has 1 aliphatic rings. The maximum atomic E-state index is 10.0. The molecular formula is C19H40N2O. The van der Waals surface area contributed by atoms with Gasteiger partial charge < -0.3 is 14.9 Å². The van der Waals surface area contributed by atoms with Gasteiger partial charge in [-0.1, -0.05) is 47.0 Å². The van der Waals surface area contributed by atoms with Crippen molar-refractivity contribution in [3.63, 3.8) is 0 Å². The number of hydrogen-bond acceptors (Lipinski definition) is 3. The summed E-state index contributed by atoms with van der Waals surface area (Å²) < 4.78 is 0. The molecule has 0 unspecified atom stereocenters. The zero-order chi connectivity index (χ0) is 16.4. The molecule has 0 saturated carbocycles. The van der Waals surface area contributed by atoms with E-state index in [1.165, 1.54) is 65.0 Å². The van der Waals surface area contributed by atoms with Crippen LogP contribution in [0, 0.1) is 5.41 Å². The highest BCUT2D eigenvalue weighted by molar-refractivity contribution is 4.71. The van der Waals surface area contributed by atoms with Gasteiger partial charge in [0.2, 0.25) is 0 Å². The molecular weight excluding hydrogens is 272 g/mol. The van der Waals surface area contributed by atoms with E-state index >= 15 is 0 Å². The Hall–Kier alpha value is -0.120. The van der Waals surface area contributed by atoms with E-state index in [9.17, 15) is 5.11 Å². The Morgan fingerprint density at radius 3 is 2.05 bits per heavy atom. The predicted molar refractivity (Wildman–Crippen MR) is 96.3 cm³/mol. The van der Waals surface area contributed by atoms with Crippen molar-refractivity contribution < 1.29 is 5.11 Å². The maximum Gasteiger partial charge on any atom is 0.0540 e. The average Bonchev–Trinajstić information content (AvgIpc) is 2.46. The van der Waals surface area contributed by atoms with E-state index in [1.807, 2.05) is 0 Å². The lowest BCUT2D eigenvalue weighted by atomic mass is 9.89. The molecule has 1 rings (SSSR count). The van der Waals surface area contributed by atoms with Gasteiger partial charge in [-0.05, 0) is 44.2 Å². The minimum absolute atomic E-state index is 0.0737. The van der Waals surface area contributed by atoms with Crippen LogP contribution in [0.2, 0.25) is 0 Å². The summed E-state index contributed by atoms with van der Waals surface area (Å²) in [6, 6.07) is 0. The molecule has 0 spiro atoms. The highest BCUT2D eigenvalue weighted by Gasteiger charge is 2.15. The van der Waals surface area contributed by atoms with Crippen molar-refractivity contribution in [2.75, 3.05) is 39.3 Å². The molecule has 1 heterocycles. The Morgan fingerprint density at radius 1 is 0.864 bits per heavy atom. The van der Waals surface area contributed by atoms with Crippen molar-refractivity contribution in [2.24, 2.45) is 5.41 Å². The van der Waals surface area contributed by atoms with E-state index in [1.54, 1.807) is 0 Å². The van der Waals surface area contributed by atoms with E-state index in [0.29, 0.717) is 5.41 Å². The minimum Gasteiger partial charge on any atom is -0.393 e. The van der Waals surface area contributed by atoms with E-state index in [0.717, 1.165) is 19.3 Å². The summed E-state index contributed by atoms with van der Waals surface area (Å²) >= 11 is 0. The van der Waals surface area contributed by atoms with Gasteiger partial charge in [-0.2, -0.15) is 0 Å². The lowest BCUT2D eigenvalue weighted by molar-refractivity contribution is 0.131. The molecule has 1 atom stereocenters. The first kappa shape index (κ1) is 19.9. The monoisotopic (exact) mass is 312 g/mol. The first-order valence-electron chi connectivity index (χ1n) is 9.53. The standard InChI is InChI=1S/C19H40N2O/c1-5-20-14-16-21(17-15-20)13-8-6-7-10-18(22)11-9-12-19(2,3)4/h18,22H,5-17H2,1-4H3/t18-/m1/s1. The van der Waals surface area contributed by atoms with Crippen LogP contribution in [0.5, 0.6) is 0 Å². The lowest BCUT2D eigenvalue weighted by Crippen LogP contribution is -2.46. The topological polar surface area (TPSA) is 26.7 Å². The number of aliphatic hydroxyl groups is 1. The van der Waals surface area contributed by atoms with Crippen LogP contribution < -0.4 is 0 Å². The fourth-order valence-corrected chi connectivity index (χ4v) is 3.23. The van der Waals surface area contributed by atoms with Crippen LogP contribution in [0.25, 0.3) is 0 Å². The second-order valence-corrected chi connectivity index (χ2v) is 8.23. The first-order valence-corrected chi connectivity index (χ1v) is 9.53. The first-order chi connectivity index (χ1) is 10.4. The van der Waals surface area contributed by atoms with Gasteiger partial charge in [-0.25, -0.2) is 0 Å². The molecule has 132 valence electrons. The summed E-state index contributed by atoms with van der Waals surface area (Å²) in [6.07, 6.45) is 8.02. The molecule has 1 fully saturated rings. The minimum atomic E-state index is -0.0737. The highest BCUT2D eigenvalue weighted by atomic mass is 16.3. The fourth-order valence-electron chi connectivity index (χ4n) is 3.23. The largest absolute Gasteiger partial charge is 0.393 e. The number of aliphatic hydroxyl groups excluding tert-OH is 1. The van der Waals surface area contributed by atoms with E-state index in [4.69, 9.17) is 0 Å². The van der Waals surface area contributed by atoms with Crippen molar-refractivity contribution in [1.29, 1.82) is 0 Å². The second kappa shape index (κ2) is 10.6. The third-order valence-corrected chi connectivity index (χ3v) is 4.89. The third kappa shape index (κ3) is 9.81. The lowest BCUT2D eigenvalue weighted by Gasteiger charge is -2.34. The van der Waals surface area contributed by atoms with Crippen LogP contribution in [-0.4, -0.2) is 60.3 Å². The van der Waals surface area contributed by atoms with Gasteiger partial charge in [0.1, 0.15) is 0 Å². The van der Waals surface area contributed by atoms with Crippen molar-refractivity contribution in [3.8, 4) is 0 Å². The Bertz CT molecular complexity index is 267. The van der Waals surface area contributed by atoms with Gasteiger partial charge >= 0.3 is 0 Å². The summed E-state index contributed by atoms with van der Waals surface area (Å²) in [5.74, 6) is 0. The average molecular weight is 313 g/mol. The number of hydrogen-bond donors (Lipinski definition) is 1. The van der Waals surface area contributed by atoms with Crippen molar-refractivity contribution in [2.45, 2.75) is 78.7 Å². The van der Waals surface area contributed by atoms with Gasteiger partial charge in [0.05, 0.1) is 6.10 Å². The van der Waals surface area contributed by atoms with Gasteiger partial charge in [-0.15, -0.1) is 0 Å².